The molecule has 0 aliphatic heterocycles. The van der Waals surface area contributed by atoms with Gasteiger partial charge in [0.15, 0.2) is 0 Å². The summed E-state index contributed by atoms with van der Waals surface area (Å²) in [4.78, 5) is 25.4. The van der Waals surface area contributed by atoms with E-state index in [1.165, 1.54) is 17.4 Å². The maximum Gasteiger partial charge on any atom is 0.416 e. The van der Waals surface area contributed by atoms with E-state index >= 15 is 0 Å². The number of benzene rings is 1. The molecular formula is C19H15F3N2O3S2. The third-order valence-electron chi connectivity index (χ3n) is 3.87. The molecule has 152 valence electrons. The largest absolute Gasteiger partial charge is 0.416 e. The second-order valence-corrected chi connectivity index (χ2v) is 7.87. The highest BCUT2D eigenvalue weighted by molar-refractivity contribution is 7.16. The summed E-state index contributed by atoms with van der Waals surface area (Å²) in [7, 11) is 0. The summed E-state index contributed by atoms with van der Waals surface area (Å²) in [6.07, 6.45) is -5.58. The van der Waals surface area contributed by atoms with Gasteiger partial charge in [-0.3, -0.25) is 9.59 Å². The van der Waals surface area contributed by atoms with Crippen molar-refractivity contribution in [1.82, 2.24) is 5.32 Å². The van der Waals surface area contributed by atoms with Crippen LogP contribution in [0.2, 0.25) is 0 Å². The first kappa shape index (κ1) is 21.0. The highest BCUT2D eigenvalue weighted by Gasteiger charge is 2.30. The fourth-order valence-corrected chi connectivity index (χ4v) is 4.14. The molecular weight excluding hydrogens is 425 g/mol. The van der Waals surface area contributed by atoms with Gasteiger partial charge in [-0.15, -0.1) is 11.3 Å². The Morgan fingerprint density at radius 2 is 1.90 bits per heavy atom. The van der Waals surface area contributed by atoms with E-state index in [2.05, 4.69) is 10.6 Å². The lowest BCUT2D eigenvalue weighted by Crippen LogP contribution is -2.37. The summed E-state index contributed by atoms with van der Waals surface area (Å²) in [5.41, 5.74) is -0.0626. The van der Waals surface area contributed by atoms with E-state index in [4.69, 9.17) is 0 Å². The zero-order valence-electron chi connectivity index (χ0n) is 14.7. The van der Waals surface area contributed by atoms with Gasteiger partial charge >= 0.3 is 18.0 Å². The number of thiophene rings is 2. The number of aliphatic hydroxyl groups excluding tert-OH is 1. The van der Waals surface area contributed by atoms with Crippen molar-refractivity contribution in [3.05, 3.63) is 63.7 Å². The second kappa shape index (κ2) is 8.76. The molecule has 29 heavy (non-hydrogen) atoms. The first-order valence-electron chi connectivity index (χ1n) is 8.31. The fourth-order valence-electron chi connectivity index (χ4n) is 2.42. The van der Waals surface area contributed by atoms with E-state index in [9.17, 15) is 27.9 Å². The number of carbonyl (C=O) groups is 2. The number of aliphatic hydroxyl groups is 1. The number of carbonyl (C=O) groups excluding carboxylic acids is 2. The molecule has 2 heterocycles. The van der Waals surface area contributed by atoms with Crippen molar-refractivity contribution >= 4 is 40.2 Å². The summed E-state index contributed by atoms with van der Waals surface area (Å²) >= 11 is 2.92. The quantitative estimate of drug-likeness (QED) is 0.518. The third-order valence-corrected chi connectivity index (χ3v) is 5.79. The molecule has 3 aromatic rings. The van der Waals surface area contributed by atoms with Gasteiger partial charge in [0.05, 0.1) is 5.56 Å². The van der Waals surface area contributed by atoms with Crippen LogP contribution in [0.15, 0.2) is 53.2 Å². The van der Waals surface area contributed by atoms with Crippen LogP contribution in [0.25, 0.3) is 10.4 Å². The van der Waals surface area contributed by atoms with Crippen molar-refractivity contribution in [2.75, 3.05) is 11.9 Å². The Morgan fingerprint density at radius 1 is 1.10 bits per heavy atom. The van der Waals surface area contributed by atoms with Crippen LogP contribution in [0, 0.1) is 0 Å². The lowest BCUT2D eigenvalue weighted by Gasteiger charge is -2.11. The maximum atomic E-state index is 12.7. The summed E-state index contributed by atoms with van der Waals surface area (Å²) in [6, 6.07) is 9.50. The molecule has 0 spiro atoms. The lowest BCUT2D eigenvalue weighted by molar-refractivity contribution is -0.137. The van der Waals surface area contributed by atoms with Gasteiger partial charge in [-0.2, -0.15) is 24.5 Å². The predicted octanol–water partition coefficient (Wildman–Crippen LogP) is 4.28. The van der Waals surface area contributed by atoms with E-state index in [0.29, 0.717) is 4.88 Å². The van der Waals surface area contributed by atoms with Crippen LogP contribution in [-0.2, 0) is 15.8 Å². The molecule has 1 aromatic carbocycles. The molecule has 0 radical (unpaired) electrons. The molecule has 0 saturated heterocycles. The standard InChI is InChI=1S/C19H15F3N2O3S2/c20-19(21,22)12-2-1-3-13(8-12)24-18(27)17(26)23-9-14(25)16-5-4-15(29-16)11-6-7-28-10-11/h1-8,10,14,25H,9H2,(H,23,26)(H,24,27). The Hall–Kier alpha value is -2.69. The minimum atomic E-state index is -4.56. The predicted molar refractivity (Wildman–Crippen MR) is 106 cm³/mol. The summed E-state index contributed by atoms with van der Waals surface area (Å²) < 4.78 is 38.1. The third kappa shape index (κ3) is 5.43. The van der Waals surface area contributed by atoms with Crippen LogP contribution < -0.4 is 10.6 Å². The first-order valence-corrected chi connectivity index (χ1v) is 10.1. The molecule has 0 saturated carbocycles. The van der Waals surface area contributed by atoms with Gasteiger partial charge in [-0.25, -0.2) is 0 Å². The topological polar surface area (TPSA) is 78.4 Å². The average Bonchev–Trinajstić information content (AvgIpc) is 3.36. The van der Waals surface area contributed by atoms with Crippen molar-refractivity contribution in [3.8, 4) is 10.4 Å². The van der Waals surface area contributed by atoms with E-state index in [0.717, 1.165) is 28.6 Å². The number of hydrogen-bond acceptors (Lipinski definition) is 5. The Labute approximate surface area is 171 Å². The minimum absolute atomic E-state index is 0.154. The number of alkyl halides is 3. The molecule has 0 aliphatic carbocycles. The van der Waals surface area contributed by atoms with Gasteiger partial charge in [0.25, 0.3) is 0 Å². The van der Waals surface area contributed by atoms with Crippen molar-refractivity contribution in [2.24, 2.45) is 0 Å². The van der Waals surface area contributed by atoms with Crippen molar-refractivity contribution in [1.29, 1.82) is 0 Å². The van der Waals surface area contributed by atoms with Gasteiger partial charge in [-0.05, 0) is 47.2 Å². The first-order chi connectivity index (χ1) is 13.7. The van der Waals surface area contributed by atoms with E-state index in [-0.39, 0.29) is 12.2 Å². The summed E-state index contributed by atoms with van der Waals surface area (Å²) in [5, 5.41) is 18.5. The molecule has 0 bridgehead atoms. The Kier molecular flexibility index (Phi) is 6.36. The molecule has 3 rings (SSSR count). The van der Waals surface area contributed by atoms with Crippen molar-refractivity contribution in [2.45, 2.75) is 12.3 Å². The summed E-state index contributed by atoms with van der Waals surface area (Å²) in [6.45, 7) is -0.210. The molecule has 3 N–H and O–H groups in total. The van der Waals surface area contributed by atoms with Gasteiger partial charge in [-0.1, -0.05) is 6.07 Å². The maximum absolute atomic E-state index is 12.7. The second-order valence-electron chi connectivity index (χ2n) is 5.97. The van der Waals surface area contributed by atoms with Crippen molar-refractivity contribution < 1.29 is 27.9 Å². The number of nitrogens with one attached hydrogen (secondary N) is 2. The summed E-state index contributed by atoms with van der Waals surface area (Å²) in [5.74, 6) is -2.18. The number of rotatable bonds is 5. The van der Waals surface area contributed by atoms with E-state index in [1.54, 1.807) is 17.4 Å². The van der Waals surface area contributed by atoms with Gasteiger partial charge < -0.3 is 15.7 Å². The van der Waals surface area contributed by atoms with Crippen LogP contribution in [-0.4, -0.2) is 23.5 Å². The highest BCUT2D eigenvalue weighted by atomic mass is 32.1. The van der Waals surface area contributed by atoms with Crippen LogP contribution in [0.4, 0.5) is 18.9 Å². The number of halogens is 3. The number of anilines is 1. The van der Waals surface area contributed by atoms with Gasteiger partial charge in [0.2, 0.25) is 0 Å². The average molecular weight is 440 g/mol. The van der Waals surface area contributed by atoms with E-state index < -0.39 is 29.7 Å². The monoisotopic (exact) mass is 440 g/mol. The molecule has 1 unspecified atom stereocenters. The fraction of sp³-hybridized carbons (Fsp3) is 0.158. The van der Waals surface area contributed by atoms with E-state index in [1.807, 2.05) is 22.9 Å². The molecule has 2 amide bonds. The van der Waals surface area contributed by atoms with Crippen LogP contribution in [0.3, 0.4) is 0 Å². The normalized spacial score (nSPS) is 12.4. The van der Waals surface area contributed by atoms with Crippen LogP contribution in [0.1, 0.15) is 16.5 Å². The zero-order valence-corrected chi connectivity index (χ0v) is 16.3. The SMILES string of the molecule is O=C(NCC(O)c1ccc(-c2ccsc2)s1)C(=O)Nc1cccc(C(F)(F)F)c1. The lowest BCUT2D eigenvalue weighted by atomic mass is 10.2. The van der Waals surface area contributed by atoms with Crippen LogP contribution >= 0.6 is 22.7 Å². The molecule has 5 nitrogen and oxygen atoms in total. The minimum Gasteiger partial charge on any atom is -0.386 e. The number of hydrogen-bond donors (Lipinski definition) is 3. The molecule has 0 fully saturated rings. The van der Waals surface area contributed by atoms with Crippen molar-refractivity contribution in [3.63, 3.8) is 0 Å². The van der Waals surface area contributed by atoms with Crippen LogP contribution in [0.5, 0.6) is 0 Å². The highest BCUT2D eigenvalue weighted by Crippen LogP contribution is 2.32. The zero-order chi connectivity index (χ0) is 21.0. The molecule has 1 atom stereocenters. The number of amides is 2. The molecule has 2 aromatic heterocycles. The van der Waals surface area contributed by atoms with Gasteiger partial charge in [0.1, 0.15) is 6.10 Å². The Morgan fingerprint density at radius 3 is 2.59 bits per heavy atom. The smallest absolute Gasteiger partial charge is 0.386 e. The Balaban J connectivity index is 1.54. The molecule has 0 aliphatic rings. The molecule has 10 heteroatoms. The Bertz CT molecular complexity index is 1000. The van der Waals surface area contributed by atoms with Gasteiger partial charge in [0, 0.05) is 27.5 Å².